The molecule has 0 aromatic heterocycles. The minimum absolute atomic E-state index is 0.0741. The third kappa shape index (κ3) is 3.47. The number of amides is 1. The second kappa shape index (κ2) is 6.23. The first kappa shape index (κ1) is 13.4. The molecule has 2 aromatic carbocycles. The quantitative estimate of drug-likeness (QED) is 0.893. The van der Waals surface area contributed by atoms with E-state index >= 15 is 0 Å². The fourth-order valence-corrected chi connectivity index (χ4v) is 1.89. The van der Waals surface area contributed by atoms with Gasteiger partial charge in [0.05, 0.1) is 0 Å². The molecule has 19 heavy (non-hydrogen) atoms. The van der Waals surface area contributed by atoms with Crippen molar-refractivity contribution in [1.29, 1.82) is 0 Å². The van der Waals surface area contributed by atoms with E-state index in [-0.39, 0.29) is 5.91 Å². The van der Waals surface area contributed by atoms with Crippen molar-refractivity contribution < 1.29 is 9.53 Å². The summed E-state index contributed by atoms with van der Waals surface area (Å²) >= 11 is 0. The fourth-order valence-electron chi connectivity index (χ4n) is 1.89. The summed E-state index contributed by atoms with van der Waals surface area (Å²) in [6.07, 6.45) is 0.446. The molecule has 0 saturated heterocycles. The number of benzene rings is 2. The number of nitrogens with one attached hydrogen (secondary N) is 1. The van der Waals surface area contributed by atoms with Crippen LogP contribution in [-0.2, 0) is 4.79 Å². The van der Waals surface area contributed by atoms with Gasteiger partial charge in [0.25, 0.3) is 5.91 Å². The van der Waals surface area contributed by atoms with Gasteiger partial charge < -0.3 is 10.1 Å². The Morgan fingerprint density at radius 2 is 1.95 bits per heavy atom. The number of ether oxygens (including phenoxy) is 1. The molecule has 0 saturated carbocycles. The van der Waals surface area contributed by atoms with Gasteiger partial charge in [-0.3, -0.25) is 4.79 Å². The van der Waals surface area contributed by atoms with Gasteiger partial charge in [0.15, 0.2) is 6.10 Å². The topological polar surface area (TPSA) is 38.3 Å². The number of carbonyl (C=O) groups excluding carboxylic acids is 1. The van der Waals surface area contributed by atoms with Crippen LogP contribution in [0.3, 0.4) is 0 Å². The predicted octanol–water partition coefficient (Wildman–Crippen LogP) is 3.13. The van der Waals surface area contributed by atoms with Crippen LogP contribution in [0, 0.1) is 0 Å². The molecule has 1 amide bonds. The van der Waals surface area contributed by atoms with E-state index in [1.807, 2.05) is 43.3 Å². The van der Waals surface area contributed by atoms with Crippen molar-refractivity contribution in [1.82, 2.24) is 5.32 Å². The molecule has 0 aliphatic carbocycles. The lowest BCUT2D eigenvalue weighted by Crippen LogP contribution is -2.36. The van der Waals surface area contributed by atoms with Crippen LogP contribution in [0.5, 0.6) is 5.75 Å². The van der Waals surface area contributed by atoms with Gasteiger partial charge in [-0.25, -0.2) is 0 Å². The van der Waals surface area contributed by atoms with E-state index in [0.717, 1.165) is 22.9 Å². The van der Waals surface area contributed by atoms with Crippen molar-refractivity contribution >= 4 is 16.7 Å². The van der Waals surface area contributed by atoms with Crippen LogP contribution in [0.15, 0.2) is 42.5 Å². The van der Waals surface area contributed by atoms with Gasteiger partial charge in [0.2, 0.25) is 0 Å². The maximum atomic E-state index is 11.7. The first-order valence-electron chi connectivity index (χ1n) is 6.64. The molecule has 1 N–H and O–H groups in total. The Morgan fingerprint density at radius 3 is 2.68 bits per heavy atom. The molecule has 0 fully saturated rings. The summed E-state index contributed by atoms with van der Waals surface area (Å²) in [5.74, 6) is 0.646. The van der Waals surface area contributed by atoms with E-state index in [1.54, 1.807) is 6.92 Å². The number of fused-ring (bicyclic) bond motifs is 1. The Balaban J connectivity index is 2.06. The molecular formula is C16H19NO2. The van der Waals surface area contributed by atoms with Crippen LogP contribution >= 0.6 is 0 Å². The molecule has 0 radical (unpaired) electrons. The van der Waals surface area contributed by atoms with Crippen molar-refractivity contribution in [3.63, 3.8) is 0 Å². The highest BCUT2D eigenvalue weighted by atomic mass is 16.5. The van der Waals surface area contributed by atoms with Gasteiger partial charge in [0.1, 0.15) is 5.75 Å². The molecule has 3 nitrogen and oxygen atoms in total. The second-order valence-electron chi connectivity index (χ2n) is 4.56. The summed E-state index contributed by atoms with van der Waals surface area (Å²) < 4.78 is 5.67. The van der Waals surface area contributed by atoms with E-state index < -0.39 is 6.10 Å². The SMILES string of the molecule is CCCNC(=O)[C@@H](C)Oc1ccc2ccccc2c1. The first-order chi connectivity index (χ1) is 9.20. The molecule has 0 aliphatic heterocycles. The zero-order valence-corrected chi connectivity index (χ0v) is 11.3. The Hall–Kier alpha value is -2.03. The third-order valence-corrected chi connectivity index (χ3v) is 2.95. The van der Waals surface area contributed by atoms with Crippen LogP contribution in [0.1, 0.15) is 20.3 Å². The molecule has 3 heteroatoms. The zero-order chi connectivity index (χ0) is 13.7. The van der Waals surface area contributed by atoms with Crippen molar-refractivity contribution in [3.05, 3.63) is 42.5 Å². The lowest BCUT2D eigenvalue weighted by Gasteiger charge is -2.14. The van der Waals surface area contributed by atoms with Crippen LogP contribution in [-0.4, -0.2) is 18.6 Å². The average molecular weight is 257 g/mol. The highest BCUT2D eigenvalue weighted by Crippen LogP contribution is 2.21. The minimum atomic E-state index is -0.479. The maximum absolute atomic E-state index is 11.7. The van der Waals surface area contributed by atoms with Gasteiger partial charge in [-0.05, 0) is 36.2 Å². The average Bonchev–Trinajstić information content (AvgIpc) is 2.44. The summed E-state index contributed by atoms with van der Waals surface area (Å²) in [7, 11) is 0. The van der Waals surface area contributed by atoms with Gasteiger partial charge in [-0.2, -0.15) is 0 Å². The highest BCUT2D eigenvalue weighted by molar-refractivity contribution is 5.84. The molecule has 100 valence electrons. The molecule has 0 heterocycles. The van der Waals surface area contributed by atoms with Crippen molar-refractivity contribution in [3.8, 4) is 5.75 Å². The molecule has 2 rings (SSSR count). The van der Waals surface area contributed by atoms with Crippen molar-refractivity contribution in [2.45, 2.75) is 26.4 Å². The highest BCUT2D eigenvalue weighted by Gasteiger charge is 2.13. The Bertz CT molecular complexity index is 565. The van der Waals surface area contributed by atoms with Crippen LogP contribution in [0.4, 0.5) is 0 Å². The minimum Gasteiger partial charge on any atom is -0.481 e. The smallest absolute Gasteiger partial charge is 0.260 e. The van der Waals surface area contributed by atoms with E-state index in [2.05, 4.69) is 11.4 Å². The number of hydrogen-bond donors (Lipinski definition) is 1. The Labute approximate surface area is 113 Å². The molecule has 2 aromatic rings. The van der Waals surface area contributed by atoms with E-state index in [1.165, 1.54) is 0 Å². The van der Waals surface area contributed by atoms with E-state index in [4.69, 9.17) is 4.74 Å². The molecule has 0 unspecified atom stereocenters. The summed E-state index contributed by atoms with van der Waals surface area (Å²) in [6, 6.07) is 13.9. The molecular weight excluding hydrogens is 238 g/mol. The predicted molar refractivity (Wildman–Crippen MR) is 77.3 cm³/mol. The lowest BCUT2D eigenvalue weighted by atomic mass is 10.1. The Kier molecular flexibility index (Phi) is 4.39. The summed E-state index contributed by atoms with van der Waals surface area (Å²) in [5.41, 5.74) is 0. The lowest BCUT2D eigenvalue weighted by molar-refractivity contribution is -0.127. The van der Waals surface area contributed by atoms with Gasteiger partial charge in [-0.15, -0.1) is 0 Å². The molecule has 0 aliphatic rings. The summed E-state index contributed by atoms with van der Waals surface area (Å²) in [4.78, 5) is 11.7. The maximum Gasteiger partial charge on any atom is 0.260 e. The van der Waals surface area contributed by atoms with Crippen LogP contribution < -0.4 is 10.1 Å². The zero-order valence-electron chi connectivity index (χ0n) is 11.3. The van der Waals surface area contributed by atoms with Gasteiger partial charge in [-0.1, -0.05) is 37.3 Å². The van der Waals surface area contributed by atoms with Crippen LogP contribution in [0.2, 0.25) is 0 Å². The number of hydrogen-bond acceptors (Lipinski definition) is 2. The Morgan fingerprint density at radius 1 is 1.21 bits per heavy atom. The second-order valence-corrected chi connectivity index (χ2v) is 4.56. The first-order valence-corrected chi connectivity index (χ1v) is 6.64. The monoisotopic (exact) mass is 257 g/mol. The van der Waals surface area contributed by atoms with Crippen molar-refractivity contribution in [2.75, 3.05) is 6.54 Å². The van der Waals surface area contributed by atoms with Gasteiger partial charge >= 0.3 is 0 Å². The standard InChI is InChI=1S/C16H19NO2/c1-3-10-17-16(18)12(2)19-15-9-8-13-6-4-5-7-14(13)11-15/h4-9,11-12H,3,10H2,1-2H3,(H,17,18)/t12-/m1/s1. The van der Waals surface area contributed by atoms with Crippen LogP contribution in [0.25, 0.3) is 10.8 Å². The third-order valence-electron chi connectivity index (χ3n) is 2.95. The van der Waals surface area contributed by atoms with Gasteiger partial charge in [0, 0.05) is 6.54 Å². The number of rotatable bonds is 5. The van der Waals surface area contributed by atoms with Crippen molar-refractivity contribution in [2.24, 2.45) is 0 Å². The van der Waals surface area contributed by atoms with E-state index in [0.29, 0.717) is 6.54 Å². The molecule has 0 spiro atoms. The largest absolute Gasteiger partial charge is 0.481 e. The van der Waals surface area contributed by atoms with E-state index in [9.17, 15) is 4.79 Å². The summed E-state index contributed by atoms with van der Waals surface area (Å²) in [5, 5.41) is 5.10. The number of carbonyl (C=O) groups is 1. The fraction of sp³-hybridized carbons (Fsp3) is 0.312. The molecule has 0 bridgehead atoms. The molecule has 1 atom stereocenters. The summed E-state index contributed by atoms with van der Waals surface area (Å²) in [6.45, 7) is 4.47. The normalized spacial score (nSPS) is 12.1.